The quantitative estimate of drug-likeness (QED) is 0.478. The number of esters is 1. The van der Waals surface area contributed by atoms with Crippen molar-refractivity contribution in [1.82, 2.24) is 0 Å². The van der Waals surface area contributed by atoms with Gasteiger partial charge in [-0.25, -0.2) is 4.79 Å². The van der Waals surface area contributed by atoms with E-state index in [1.54, 1.807) is 0 Å². The molecule has 0 aromatic rings. The van der Waals surface area contributed by atoms with Crippen molar-refractivity contribution in [2.45, 2.75) is 56.7 Å². The number of carbonyl (C=O) groups is 1. The lowest BCUT2D eigenvalue weighted by molar-refractivity contribution is -0.146. The molecule has 14 heavy (non-hydrogen) atoms. The van der Waals surface area contributed by atoms with E-state index in [1.807, 2.05) is 6.92 Å². The van der Waals surface area contributed by atoms with Crippen molar-refractivity contribution in [1.29, 1.82) is 0 Å². The number of hydrogen-bond donors (Lipinski definition) is 0. The van der Waals surface area contributed by atoms with E-state index in [1.165, 1.54) is 32.8 Å². The molecule has 2 rings (SSSR count). The van der Waals surface area contributed by atoms with Crippen LogP contribution in [0.25, 0.3) is 0 Å². The number of ether oxygens (including phenoxy) is 2. The third-order valence-corrected chi connectivity index (χ3v) is 3.71. The maximum absolute atomic E-state index is 11.5. The second-order valence-corrected chi connectivity index (χ2v) is 4.54. The largest absolute Gasteiger partial charge is 0.467 e. The highest BCUT2D eigenvalue weighted by Gasteiger charge is 2.71. The summed E-state index contributed by atoms with van der Waals surface area (Å²) in [6, 6.07) is 0. The molecule has 1 aliphatic carbocycles. The van der Waals surface area contributed by atoms with Crippen molar-refractivity contribution in [3.63, 3.8) is 0 Å². The predicted molar refractivity (Wildman–Crippen MR) is 51.9 cm³/mol. The molecule has 3 nitrogen and oxygen atoms in total. The summed E-state index contributed by atoms with van der Waals surface area (Å²) in [4.78, 5) is 11.5. The van der Waals surface area contributed by atoms with E-state index in [2.05, 4.69) is 0 Å². The first-order valence-corrected chi connectivity index (χ1v) is 5.43. The minimum Gasteiger partial charge on any atom is -0.467 e. The summed E-state index contributed by atoms with van der Waals surface area (Å²) in [5.74, 6) is -0.209. The van der Waals surface area contributed by atoms with Gasteiger partial charge in [-0.3, -0.25) is 0 Å². The molecule has 3 heteroatoms. The molecule has 0 aromatic heterocycles. The van der Waals surface area contributed by atoms with Gasteiger partial charge in [0.1, 0.15) is 5.60 Å². The zero-order chi connectivity index (χ0) is 10.2. The Hall–Kier alpha value is -0.570. The molecule has 0 radical (unpaired) electrons. The number of hydrogen-bond acceptors (Lipinski definition) is 3. The molecule has 1 heterocycles. The van der Waals surface area contributed by atoms with Gasteiger partial charge in [0.25, 0.3) is 0 Å². The van der Waals surface area contributed by atoms with Crippen LogP contribution in [0.15, 0.2) is 0 Å². The van der Waals surface area contributed by atoms with Gasteiger partial charge in [0, 0.05) is 0 Å². The van der Waals surface area contributed by atoms with Crippen LogP contribution in [0.5, 0.6) is 0 Å². The number of methoxy groups -OCH3 is 1. The maximum Gasteiger partial charge on any atom is 0.340 e. The molecule has 1 atom stereocenters. The average Bonchev–Trinajstić information content (AvgIpc) is 2.86. The minimum absolute atomic E-state index is 0.184. The van der Waals surface area contributed by atoms with Gasteiger partial charge in [0.05, 0.1) is 7.11 Å². The van der Waals surface area contributed by atoms with Crippen LogP contribution in [0.1, 0.15) is 45.4 Å². The maximum atomic E-state index is 11.5. The lowest BCUT2D eigenvalue weighted by Crippen LogP contribution is -2.32. The van der Waals surface area contributed by atoms with Crippen LogP contribution in [-0.2, 0) is 14.3 Å². The normalized spacial score (nSPS) is 35.0. The van der Waals surface area contributed by atoms with E-state index in [9.17, 15) is 4.79 Å². The van der Waals surface area contributed by atoms with Crippen molar-refractivity contribution in [3.05, 3.63) is 0 Å². The Labute approximate surface area is 84.8 Å². The van der Waals surface area contributed by atoms with Crippen LogP contribution >= 0.6 is 0 Å². The van der Waals surface area contributed by atoms with E-state index >= 15 is 0 Å². The topological polar surface area (TPSA) is 38.8 Å². The number of epoxide rings is 1. The van der Waals surface area contributed by atoms with Gasteiger partial charge in [-0.15, -0.1) is 0 Å². The molecule has 0 N–H and O–H groups in total. The third-order valence-electron chi connectivity index (χ3n) is 3.71. The van der Waals surface area contributed by atoms with E-state index < -0.39 is 5.60 Å². The summed E-state index contributed by atoms with van der Waals surface area (Å²) in [5.41, 5.74) is -0.831. The Kier molecular flexibility index (Phi) is 2.30. The van der Waals surface area contributed by atoms with Gasteiger partial charge in [-0.1, -0.05) is 25.7 Å². The Balaban J connectivity index is 2.09. The van der Waals surface area contributed by atoms with Crippen LogP contribution < -0.4 is 0 Å². The molecule has 2 aliphatic rings. The first-order valence-electron chi connectivity index (χ1n) is 5.43. The van der Waals surface area contributed by atoms with Crippen LogP contribution in [0.3, 0.4) is 0 Å². The fraction of sp³-hybridized carbons (Fsp3) is 0.909. The fourth-order valence-electron chi connectivity index (χ4n) is 2.67. The van der Waals surface area contributed by atoms with Gasteiger partial charge >= 0.3 is 5.97 Å². The van der Waals surface area contributed by atoms with Gasteiger partial charge in [0.15, 0.2) is 5.60 Å². The summed E-state index contributed by atoms with van der Waals surface area (Å²) in [7, 11) is 1.43. The van der Waals surface area contributed by atoms with Crippen molar-refractivity contribution < 1.29 is 14.3 Å². The predicted octanol–water partition coefficient (Wildman–Crippen LogP) is 2.04. The zero-order valence-electron chi connectivity index (χ0n) is 8.97. The molecule has 1 spiro atoms. The van der Waals surface area contributed by atoms with E-state index in [0.717, 1.165) is 12.8 Å². The van der Waals surface area contributed by atoms with Crippen molar-refractivity contribution >= 4 is 5.97 Å². The van der Waals surface area contributed by atoms with Crippen molar-refractivity contribution in [2.75, 3.05) is 7.11 Å². The standard InChI is InChI=1S/C11H18O3/c1-10(9(12)13-2)11(14-10)7-5-3-4-6-8-11/h3-8H2,1-2H3. The molecule has 0 bridgehead atoms. The van der Waals surface area contributed by atoms with Crippen molar-refractivity contribution in [2.24, 2.45) is 0 Å². The summed E-state index contributed by atoms with van der Waals surface area (Å²) < 4.78 is 10.5. The number of rotatable bonds is 1. The second-order valence-electron chi connectivity index (χ2n) is 4.54. The Morgan fingerprint density at radius 1 is 1.21 bits per heavy atom. The van der Waals surface area contributed by atoms with Gasteiger partial charge < -0.3 is 9.47 Å². The molecular weight excluding hydrogens is 180 g/mol. The minimum atomic E-state index is -0.647. The summed E-state index contributed by atoms with van der Waals surface area (Å²) in [6.45, 7) is 1.87. The van der Waals surface area contributed by atoms with E-state index in [4.69, 9.17) is 9.47 Å². The Morgan fingerprint density at radius 2 is 1.79 bits per heavy atom. The van der Waals surface area contributed by atoms with Crippen LogP contribution in [-0.4, -0.2) is 24.3 Å². The molecule has 1 saturated heterocycles. The number of carbonyl (C=O) groups excluding carboxylic acids is 1. The Morgan fingerprint density at radius 3 is 2.29 bits per heavy atom. The Bertz CT molecular complexity index is 241. The first kappa shape index (κ1) is 9.97. The summed E-state index contributed by atoms with van der Waals surface area (Å²) in [6.07, 6.45) is 6.90. The smallest absolute Gasteiger partial charge is 0.340 e. The molecule has 0 aromatic carbocycles. The highest BCUT2D eigenvalue weighted by atomic mass is 16.7. The van der Waals surface area contributed by atoms with Crippen LogP contribution in [0, 0.1) is 0 Å². The molecule has 2 fully saturated rings. The highest BCUT2D eigenvalue weighted by molar-refractivity contribution is 5.84. The lowest BCUT2D eigenvalue weighted by atomic mass is 9.87. The van der Waals surface area contributed by atoms with E-state index in [-0.39, 0.29) is 11.6 Å². The van der Waals surface area contributed by atoms with Gasteiger partial charge in [0.2, 0.25) is 0 Å². The monoisotopic (exact) mass is 198 g/mol. The van der Waals surface area contributed by atoms with E-state index in [0.29, 0.717) is 0 Å². The molecular formula is C11H18O3. The second kappa shape index (κ2) is 3.23. The van der Waals surface area contributed by atoms with Gasteiger partial charge in [-0.05, 0) is 19.8 Å². The molecule has 80 valence electrons. The molecule has 1 unspecified atom stereocenters. The molecule has 1 aliphatic heterocycles. The van der Waals surface area contributed by atoms with Crippen LogP contribution in [0.4, 0.5) is 0 Å². The average molecular weight is 198 g/mol. The van der Waals surface area contributed by atoms with Crippen LogP contribution in [0.2, 0.25) is 0 Å². The SMILES string of the molecule is COC(=O)C1(C)OC12CCCCCC2. The lowest BCUT2D eigenvalue weighted by Gasteiger charge is -2.12. The highest BCUT2D eigenvalue weighted by Crippen LogP contribution is 2.56. The summed E-state index contributed by atoms with van der Waals surface area (Å²) in [5, 5.41) is 0. The third kappa shape index (κ3) is 1.26. The van der Waals surface area contributed by atoms with Gasteiger partial charge in [-0.2, -0.15) is 0 Å². The molecule has 0 amide bonds. The molecule has 1 saturated carbocycles. The summed E-state index contributed by atoms with van der Waals surface area (Å²) >= 11 is 0. The first-order chi connectivity index (χ1) is 6.65. The zero-order valence-corrected chi connectivity index (χ0v) is 8.97. The van der Waals surface area contributed by atoms with Crippen molar-refractivity contribution in [3.8, 4) is 0 Å². The fourth-order valence-corrected chi connectivity index (χ4v) is 2.67.